The van der Waals surface area contributed by atoms with Crippen molar-refractivity contribution in [3.63, 3.8) is 0 Å². The lowest BCUT2D eigenvalue weighted by atomic mass is 10.2. The Morgan fingerprint density at radius 1 is 1.50 bits per heavy atom. The summed E-state index contributed by atoms with van der Waals surface area (Å²) in [6.45, 7) is 1.33. The minimum atomic E-state index is -2.66. The van der Waals surface area contributed by atoms with Gasteiger partial charge in [0.2, 0.25) is 5.91 Å². The molecule has 0 aromatic rings. The molecule has 0 aromatic carbocycles. The van der Waals surface area contributed by atoms with Crippen LogP contribution in [0.2, 0.25) is 0 Å². The Balaban J connectivity index is 2.52. The van der Waals surface area contributed by atoms with E-state index in [0.717, 1.165) is 0 Å². The summed E-state index contributed by atoms with van der Waals surface area (Å²) in [6.07, 6.45) is -0.834. The van der Waals surface area contributed by atoms with Crippen LogP contribution in [0.15, 0.2) is 0 Å². The van der Waals surface area contributed by atoms with Crippen molar-refractivity contribution >= 4 is 16.5 Å². The van der Waals surface area contributed by atoms with E-state index in [0.29, 0.717) is 0 Å². The van der Waals surface area contributed by atoms with Crippen molar-refractivity contribution in [2.75, 3.05) is 11.5 Å². The van der Waals surface area contributed by atoms with Crippen molar-refractivity contribution < 1.29 is 19.0 Å². The Kier molecular flexibility index (Phi) is 2.62. The van der Waals surface area contributed by atoms with Gasteiger partial charge in [-0.2, -0.15) is 10.6 Å². The van der Waals surface area contributed by atoms with Crippen molar-refractivity contribution in [1.29, 1.82) is 0 Å². The van der Waals surface area contributed by atoms with Crippen LogP contribution < -0.4 is 5.32 Å². The van der Waals surface area contributed by atoms with Crippen LogP contribution in [0.1, 0.15) is 6.92 Å². The monoisotopic (exact) mass is 195 g/mol. The second-order valence-corrected chi connectivity index (χ2v) is 5.28. The Labute approximate surface area is 72.1 Å². The molecule has 1 rings (SSSR count). The maximum atomic E-state index is 10.6. The predicted molar refractivity (Wildman–Crippen MR) is 46.2 cm³/mol. The molecule has 1 aliphatic rings. The van der Waals surface area contributed by atoms with Crippen molar-refractivity contribution in [2.24, 2.45) is 0 Å². The zero-order valence-corrected chi connectivity index (χ0v) is 7.54. The molecular weight excluding hydrogens is 182 g/mol. The van der Waals surface area contributed by atoms with Gasteiger partial charge in [0.05, 0.1) is 23.7 Å². The molecule has 6 heteroatoms. The highest BCUT2D eigenvalue weighted by molar-refractivity contribution is 8.24. The first-order chi connectivity index (χ1) is 5.41. The number of nitrogens with one attached hydrogen (secondary N) is 1. The van der Waals surface area contributed by atoms with Crippen molar-refractivity contribution in [3.8, 4) is 0 Å². The molecule has 0 aliphatic carbocycles. The van der Waals surface area contributed by atoms with E-state index in [1.165, 1.54) is 6.92 Å². The molecule has 4 N–H and O–H groups in total. The highest BCUT2D eigenvalue weighted by atomic mass is 32.3. The smallest absolute Gasteiger partial charge is 0.217 e. The lowest BCUT2D eigenvalue weighted by molar-refractivity contribution is -0.120. The fourth-order valence-corrected chi connectivity index (χ4v) is 3.05. The molecule has 5 nitrogen and oxygen atoms in total. The van der Waals surface area contributed by atoms with E-state index in [9.17, 15) is 19.0 Å². The van der Waals surface area contributed by atoms with E-state index >= 15 is 0 Å². The zero-order chi connectivity index (χ0) is 9.35. The molecule has 72 valence electrons. The molecule has 1 fully saturated rings. The highest BCUT2D eigenvalue weighted by Gasteiger charge is 2.36. The maximum absolute atomic E-state index is 10.6. The quantitative estimate of drug-likeness (QED) is 0.459. The van der Waals surface area contributed by atoms with Gasteiger partial charge in [-0.15, -0.1) is 0 Å². The third-order valence-corrected chi connectivity index (χ3v) is 3.51. The maximum Gasteiger partial charge on any atom is 0.217 e. The molecule has 0 radical (unpaired) electrons. The number of aliphatic hydroxyl groups excluding tert-OH is 1. The lowest BCUT2D eigenvalue weighted by Gasteiger charge is -2.25. The second kappa shape index (κ2) is 3.21. The SMILES string of the molecule is CC(=O)NC1CS(O)(O)CC1O. The summed E-state index contributed by atoms with van der Waals surface area (Å²) in [5, 5.41) is 11.7. The van der Waals surface area contributed by atoms with Crippen LogP contribution >= 0.6 is 10.6 Å². The van der Waals surface area contributed by atoms with Gasteiger partial charge in [0, 0.05) is 6.92 Å². The summed E-state index contributed by atoms with van der Waals surface area (Å²) in [4.78, 5) is 10.6. The van der Waals surface area contributed by atoms with Gasteiger partial charge in [0.1, 0.15) is 0 Å². The largest absolute Gasteiger partial charge is 0.389 e. The number of carbonyl (C=O) groups is 1. The highest BCUT2D eigenvalue weighted by Crippen LogP contribution is 2.45. The van der Waals surface area contributed by atoms with Gasteiger partial charge >= 0.3 is 0 Å². The first-order valence-corrected chi connectivity index (χ1v) is 5.48. The number of amides is 1. The number of hydrogen-bond acceptors (Lipinski definition) is 4. The summed E-state index contributed by atoms with van der Waals surface area (Å²) in [5.41, 5.74) is 0. The van der Waals surface area contributed by atoms with Crippen LogP contribution in [0, 0.1) is 0 Å². The van der Waals surface area contributed by atoms with Crippen LogP contribution in [-0.4, -0.2) is 43.8 Å². The summed E-state index contributed by atoms with van der Waals surface area (Å²) in [5.74, 6) is -0.234. The third kappa shape index (κ3) is 2.34. The average molecular weight is 195 g/mol. The molecule has 1 amide bonds. The molecule has 0 saturated carbocycles. The molecule has 12 heavy (non-hydrogen) atoms. The van der Waals surface area contributed by atoms with E-state index < -0.39 is 22.7 Å². The van der Waals surface area contributed by atoms with Crippen LogP contribution in [0.25, 0.3) is 0 Å². The third-order valence-electron chi connectivity index (χ3n) is 1.74. The van der Waals surface area contributed by atoms with Gasteiger partial charge in [-0.05, 0) is 0 Å². The van der Waals surface area contributed by atoms with E-state index in [-0.39, 0.29) is 17.4 Å². The minimum absolute atomic E-state index is 0.0298. The molecule has 2 atom stereocenters. The normalized spacial score (nSPS) is 36.0. The average Bonchev–Trinajstić information content (AvgIpc) is 2.03. The minimum Gasteiger partial charge on any atom is -0.389 e. The lowest BCUT2D eigenvalue weighted by Crippen LogP contribution is -2.41. The fraction of sp³-hybridized carbons (Fsp3) is 0.833. The van der Waals surface area contributed by atoms with E-state index in [2.05, 4.69) is 5.32 Å². The topological polar surface area (TPSA) is 89.8 Å². The van der Waals surface area contributed by atoms with Gasteiger partial charge in [0.15, 0.2) is 0 Å². The number of rotatable bonds is 1. The Morgan fingerprint density at radius 2 is 2.08 bits per heavy atom. The summed E-state index contributed by atoms with van der Waals surface area (Å²) >= 11 is 0. The summed E-state index contributed by atoms with van der Waals surface area (Å²) in [7, 11) is -2.66. The number of hydrogen-bond donors (Lipinski definition) is 4. The molecule has 1 saturated heterocycles. The zero-order valence-electron chi connectivity index (χ0n) is 6.73. The van der Waals surface area contributed by atoms with Crippen molar-refractivity contribution in [1.82, 2.24) is 5.32 Å². The number of aliphatic hydroxyl groups is 1. The molecular formula is C6H13NO4S. The van der Waals surface area contributed by atoms with Gasteiger partial charge < -0.3 is 10.4 Å². The Bertz CT molecular complexity index is 196. The number of carbonyl (C=O) groups excluding carboxylic acids is 1. The van der Waals surface area contributed by atoms with Gasteiger partial charge in [-0.1, -0.05) is 0 Å². The van der Waals surface area contributed by atoms with E-state index in [1.807, 2.05) is 0 Å². The van der Waals surface area contributed by atoms with Crippen LogP contribution in [0.3, 0.4) is 0 Å². The first-order valence-electron chi connectivity index (χ1n) is 3.59. The molecule has 1 heterocycles. The standard InChI is InChI=1S/C6H13NO4S/c1-4(8)7-5-2-12(10,11)3-6(5)9/h5-6,9-11H,2-3H2,1H3,(H,7,8). The molecule has 0 bridgehead atoms. The van der Waals surface area contributed by atoms with E-state index in [4.69, 9.17) is 0 Å². The molecule has 1 aliphatic heterocycles. The van der Waals surface area contributed by atoms with E-state index in [1.54, 1.807) is 0 Å². The second-order valence-electron chi connectivity index (χ2n) is 3.01. The fourth-order valence-electron chi connectivity index (χ4n) is 1.26. The summed E-state index contributed by atoms with van der Waals surface area (Å²) in [6, 6.07) is -0.507. The molecule has 0 aromatic heterocycles. The van der Waals surface area contributed by atoms with Gasteiger partial charge in [-0.3, -0.25) is 13.9 Å². The molecule has 0 spiro atoms. The van der Waals surface area contributed by atoms with Crippen molar-refractivity contribution in [2.45, 2.75) is 19.1 Å². The molecule has 2 unspecified atom stereocenters. The van der Waals surface area contributed by atoms with Gasteiger partial charge in [0.25, 0.3) is 0 Å². The first kappa shape index (κ1) is 9.79. The predicted octanol–water partition coefficient (Wildman–Crippen LogP) is -0.384. The summed E-state index contributed by atoms with van der Waals surface area (Å²) < 4.78 is 18.4. The van der Waals surface area contributed by atoms with Crippen LogP contribution in [0.4, 0.5) is 0 Å². The van der Waals surface area contributed by atoms with Gasteiger partial charge in [-0.25, -0.2) is 0 Å². The van der Waals surface area contributed by atoms with Crippen LogP contribution in [-0.2, 0) is 4.79 Å². The van der Waals surface area contributed by atoms with Crippen molar-refractivity contribution in [3.05, 3.63) is 0 Å². The Morgan fingerprint density at radius 3 is 2.42 bits per heavy atom. The van der Waals surface area contributed by atoms with Crippen LogP contribution in [0.5, 0.6) is 0 Å². The Hall–Kier alpha value is -0.300.